The minimum absolute atomic E-state index is 0.0771. The van der Waals surface area contributed by atoms with E-state index in [2.05, 4.69) is 47.7 Å². The van der Waals surface area contributed by atoms with E-state index in [4.69, 9.17) is 5.11 Å². The summed E-state index contributed by atoms with van der Waals surface area (Å²) in [5.41, 5.74) is 2.17. The molecule has 0 atom stereocenters. The predicted molar refractivity (Wildman–Crippen MR) is 90.4 cm³/mol. The van der Waals surface area contributed by atoms with Gasteiger partial charge in [0.2, 0.25) is 0 Å². The maximum absolute atomic E-state index is 10.6. The summed E-state index contributed by atoms with van der Waals surface area (Å²) in [4.78, 5) is 13.0. The highest BCUT2D eigenvalue weighted by atomic mass is 127. The lowest BCUT2D eigenvalue weighted by atomic mass is 10.2. The minimum Gasteiger partial charge on any atom is -0.481 e. The number of carbonyl (C=O) groups is 1. The van der Waals surface area contributed by atoms with E-state index in [0.717, 1.165) is 16.9 Å². The van der Waals surface area contributed by atoms with Crippen molar-refractivity contribution in [3.8, 4) is 0 Å². The minimum atomic E-state index is -0.796. The summed E-state index contributed by atoms with van der Waals surface area (Å²) in [7, 11) is 0. The Bertz CT molecular complexity index is 608. The molecule has 0 saturated carbocycles. The monoisotopic (exact) mass is 398 g/mol. The topological polar surface area (TPSA) is 37.3 Å². The van der Waals surface area contributed by atoms with E-state index in [1.165, 1.54) is 14.0 Å². The van der Waals surface area contributed by atoms with Crippen LogP contribution in [0.3, 0.4) is 0 Å². The summed E-state index contributed by atoms with van der Waals surface area (Å²) in [5.74, 6) is -0.796. The Morgan fingerprint density at radius 2 is 1.80 bits per heavy atom. The van der Waals surface area contributed by atoms with Crippen LogP contribution in [0.1, 0.15) is 18.1 Å². The van der Waals surface area contributed by atoms with Crippen molar-refractivity contribution < 1.29 is 9.90 Å². The van der Waals surface area contributed by atoms with E-state index in [-0.39, 0.29) is 6.42 Å². The maximum atomic E-state index is 10.6. The molecule has 0 radical (unpaired) electrons. The van der Waals surface area contributed by atoms with Gasteiger partial charge in [0, 0.05) is 13.4 Å². The second-order valence-corrected chi connectivity index (χ2v) is 6.71. The first-order valence-electron chi connectivity index (χ1n) is 6.35. The summed E-state index contributed by atoms with van der Waals surface area (Å²) >= 11 is 4.07. The zero-order valence-corrected chi connectivity index (χ0v) is 14.1. The molecule has 4 heteroatoms. The first kappa shape index (κ1) is 15.4. The quantitative estimate of drug-likeness (QED) is 0.747. The number of hydrogen-bond acceptors (Lipinski definition) is 2. The molecule has 0 unspecified atom stereocenters. The number of halogens is 1. The predicted octanol–water partition coefficient (Wildman–Crippen LogP) is 4.63. The van der Waals surface area contributed by atoms with Crippen LogP contribution in [-0.4, -0.2) is 11.1 Å². The van der Waals surface area contributed by atoms with Crippen molar-refractivity contribution in [2.75, 3.05) is 0 Å². The van der Waals surface area contributed by atoms with Crippen LogP contribution in [0.4, 0.5) is 0 Å². The molecule has 1 N–H and O–H groups in total. The Labute approximate surface area is 136 Å². The third-order valence-corrected chi connectivity index (χ3v) is 5.25. The van der Waals surface area contributed by atoms with Crippen LogP contribution in [0.5, 0.6) is 0 Å². The fourth-order valence-corrected chi connectivity index (χ4v) is 3.55. The van der Waals surface area contributed by atoms with Gasteiger partial charge in [0.15, 0.2) is 0 Å². The Balaban J connectivity index is 2.12. The first-order valence-corrected chi connectivity index (χ1v) is 8.25. The molecule has 0 amide bonds. The van der Waals surface area contributed by atoms with Crippen molar-refractivity contribution in [2.45, 2.75) is 29.6 Å². The van der Waals surface area contributed by atoms with E-state index >= 15 is 0 Å². The Kier molecular flexibility index (Phi) is 5.48. The van der Waals surface area contributed by atoms with Crippen LogP contribution in [0, 0.1) is 3.57 Å². The largest absolute Gasteiger partial charge is 0.481 e. The third-order valence-electron chi connectivity index (χ3n) is 2.91. The second kappa shape index (κ2) is 7.13. The van der Waals surface area contributed by atoms with Crippen molar-refractivity contribution >= 4 is 40.3 Å². The van der Waals surface area contributed by atoms with E-state index in [9.17, 15) is 4.79 Å². The molecular formula is C16H15IO2S. The number of aryl methyl sites for hydroxylation is 1. The van der Waals surface area contributed by atoms with Crippen LogP contribution in [-0.2, 0) is 17.6 Å². The van der Waals surface area contributed by atoms with Gasteiger partial charge in [-0.25, -0.2) is 0 Å². The molecule has 2 rings (SSSR count). The molecule has 0 aliphatic heterocycles. The van der Waals surface area contributed by atoms with Crippen LogP contribution >= 0.6 is 34.4 Å². The van der Waals surface area contributed by atoms with Gasteiger partial charge < -0.3 is 5.11 Å². The summed E-state index contributed by atoms with van der Waals surface area (Å²) < 4.78 is 1.25. The average Bonchev–Trinajstić information content (AvgIpc) is 2.42. The Hall–Kier alpha value is -1.01. The number of carboxylic acid groups (broad SMARTS) is 1. The molecule has 0 aromatic heterocycles. The van der Waals surface area contributed by atoms with Gasteiger partial charge in [-0.15, -0.1) is 0 Å². The fourth-order valence-electron chi connectivity index (χ4n) is 1.82. The van der Waals surface area contributed by atoms with Crippen LogP contribution < -0.4 is 0 Å². The zero-order chi connectivity index (χ0) is 14.5. The van der Waals surface area contributed by atoms with E-state index in [1.807, 2.05) is 24.3 Å². The summed E-state index contributed by atoms with van der Waals surface area (Å²) in [5, 5.41) is 8.75. The summed E-state index contributed by atoms with van der Waals surface area (Å²) in [6.07, 6.45) is 1.12. The smallest absolute Gasteiger partial charge is 0.307 e. The molecule has 2 aromatic rings. The lowest BCUT2D eigenvalue weighted by Gasteiger charge is -2.07. The van der Waals surface area contributed by atoms with Crippen molar-refractivity contribution in [3.63, 3.8) is 0 Å². The molecule has 104 valence electrons. The van der Waals surface area contributed by atoms with Crippen molar-refractivity contribution in [3.05, 3.63) is 57.2 Å². The molecular weight excluding hydrogens is 383 g/mol. The van der Waals surface area contributed by atoms with Crippen molar-refractivity contribution in [1.29, 1.82) is 0 Å². The zero-order valence-electron chi connectivity index (χ0n) is 11.1. The number of benzene rings is 2. The normalized spacial score (nSPS) is 10.5. The van der Waals surface area contributed by atoms with Gasteiger partial charge in [0.05, 0.1) is 6.42 Å². The molecule has 0 aliphatic rings. The van der Waals surface area contributed by atoms with Gasteiger partial charge in [0.25, 0.3) is 0 Å². The molecule has 0 fully saturated rings. The lowest BCUT2D eigenvalue weighted by Crippen LogP contribution is -1.99. The van der Waals surface area contributed by atoms with Gasteiger partial charge >= 0.3 is 5.97 Å². The molecule has 2 nitrogen and oxygen atoms in total. The van der Waals surface area contributed by atoms with Crippen LogP contribution in [0.15, 0.2) is 52.3 Å². The first-order chi connectivity index (χ1) is 9.58. The van der Waals surface area contributed by atoms with E-state index < -0.39 is 5.97 Å². The molecule has 0 aliphatic carbocycles. The van der Waals surface area contributed by atoms with Crippen LogP contribution in [0.2, 0.25) is 0 Å². The molecule has 0 heterocycles. The molecule has 0 saturated heterocycles. The lowest BCUT2D eigenvalue weighted by molar-refractivity contribution is -0.136. The van der Waals surface area contributed by atoms with E-state index in [0.29, 0.717) is 0 Å². The third kappa shape index (κ3) is 4.24. The standard InChI is InChI=1S/C16H15IO2S/c1-2-11-5-8-15(14(17)9-11)20-13-6-3-12(4-7-13)10-16(18)19/h3-9H,2,10H2,1H3,(H,18,19). The molecule has 0 bridgehead atoms. The van der Waals surface area contributed by atoms with Gasteiger partial charge in [-0.1, -0.05) is 36.9 Å². The molecule has 20 heavy (non-hydrogen) atoms. The van der Waals surface area contributed by atoms with E-state index in [1.54, 1.807) is 11.8 Å². The number of carboxylic acids is 1. The highest BCUT2D eigenvalue weighted by Crippen LogP contribution is 2.32. The Morgan fingerprint density at radius 1 is 1.15 bits per heavy atom. The maximum Gasteiger partial charge on any atom is 0.307 e. The number of hydrogen-bond donors (Lipinski definition) is 1. The number of rotatable bonds is 5. The highest BCUT2D eigenvalue weighted by Gasteiger charge is 2.05. The highest BCUT2D eigenvalue weighted by molar-refractivity contribution is 14.1. The average molecular weight is 398 g/mol. The van der Waals surface area contributed by atoms with Gasteiger partial charge in [-0.3, -0.25) is 4.79 Å². The van der Waals surface area contributed by atoms with Crippen LogP contribution in [0.25, 0.3) is 0 Å². The molecule has 0 spiro atoms. The van der Waals surface area contributed by atoms with Crippen molar-refractivity contribution in [1.82, 2.24) is 0 Å². The fraction of sp³-hybridized carbons (Fsp3) is 0.188. The molecule has 2 aromatic carbocycles. The SMILES string of the molecule is CCc1ccc(Sc2ccc(CC(=O)O)cc2)c(I)c1. The van der Waals surface area contributed by atoms with Crippen molar-refractivity contribution in [2.24, 2.45) is 0 Å². The van der Waals surface area contributed by atoms with Gasteiger partial charge in [-0.2, -0.15) is 0 Å². The second-order valence-electron chi connectivity index (χ2n) is 4.43. The van der Waals surface area contributed by atoms with Gasteiger partial charge in [-0.05, 0) is 64.4 Å². The Morgan fingerprint density at radius 3 is 2.35 bits per heavy atom. The number of aliphatic carboxylic acids is 1. The van der Waals surface area contributed by atoms with Gasteiger partial charge in [0.1, 0.15) is 0 Å². The summed E-state index contributed by atoms with van der Waals surface area (Å²) in [6.45, 7) is 2.15. The summed E-state index contributed by atoms with van der Waals surface area (Å²) in [6, 6.07) is 14.2.